The molecule has 5 heteroatoms. The van der Waals surface area contributed by atoms with Gasteiger partial charge in [-0.15, -0.1) is 0 Å². The lowest BCUT2D eigenvalue weighted by Gasteiger charge is -2.24. The van der Waals surface area contributed by atoms with E-state index in [0.29, 0.717) is 17.5 Å². The lowest BCUT2D eigenvalue weighted by molar-refractivity contribution is 0.301. The van der Waals surface area contributed by atoms with Gasteiger partial charge in [-0.1, -0.05) is 11.6 Å². The third-order valence-corrected chi connectivity index (χ3v) is 4.65. The highest BCUT2D eigenvalue weighted by Gasteiger charge is 2.33. The van der Waals surface area contributed by atoms with Crippen LogP contribution in [0.15, 0.2) is 6.07 Å². The van der Waals surface area contributed by atoms with E-state index in [9.17, 15) is 0 Å². The largest absolute Gasteiger partial charge is 0.496 e. The minimum absolute atomic E-state index is 0.269. The maximum absolute atomic E-state index is 6.43. The highest BCUT2D eigenvalue weighted by Crippen LogP contribution is 2.45. The van der Waals surface area contributed by atoms with Gasteiger partial charge < -0.3 is 15.2 Å². The van der Waals surface area contributed by atoms with Crippen LogP contribution in [0.2, 0.25) is 5.02 Å². The molecule has 112 valence electrons. The SMILES string of the molecule is COc1cc(C2CC(CN)CN2C)c(OC)c(Cl)c1C. The van der Waals surface area contributed by atoms with Crippen molar-refractivity contribution >= 4 is 11.6 Å². The van der Waals surface area contributed by atoms with E-state index in [0.717, 1.165) is 35.6 Å². The van der Waals surface area contributed by atoms with Gasteiger partial charge in [0, 0.05) is 23.7 Å². The van der Waals surface area contributed by atoms with Gasteiger partial charge in [0.05, 0.1) is 19.2 Å². The van der Waals surface area contributed by atoms with Gasteiger partial charge in [-0.3, -0.25) is 4.90 Å². The zero-order valence-electron chi connectivity index (χ0n) is 12.6. The van der Waals surface area contributed by atoms with Crippen molar-refractivity contribution in [3.8, 4) is 11.5 Å². The third kappa shape index (κ3) is 2.60. The van der Waals surface area contributed by atoms with E-state index in [-0.39, 0.29) is 6.04 Å². The van der Waals surface area contributed by atoms with Crippen molar-refractivity contribution in [3.63, 3.8) is 0 Å². The van der Waals surface area contributed by atoms with Crippen molar-refractivity contribution in [3.05, 3.63) is 22.2 Å². The average molecular weight is 299 g/mol. The fraction of sp³-hybridized carbons (Fsp3) is 0.600. The molecule has 0 amide bonds. The van der Waals surface area contributed by atoms with Gasteiger partial charge in [-0.05, 0) is 38.9 Å². The minimum Gasteiger partial charge on any atom is -0.496 e. The van der Waals surface area contributed by atoms with Crippen LogP contribution in [0.3, 0.4) is 0 Å². The first-order chi connectivity index (χ1) is 9.53. The number of hydrogen-bond donors (Lipinski definition) is 1. The van der Waals surface area contributed by atoms with Gasteiger partial charge in [0.1, 0.15) is 11.5 Å². The van der Waals surface area contributed by atoms with Gasteiger partial charge in [0.2, 0.25) is 0 Å². The molecule has 1 aromatic carbocycles. The molecular weight excluding hydrogens is 276 g/mol. The molecule has 0 aromatic heterocycles. The first-order valence-electron chi connectivity index (χ1n) is 6.84. The minimum atomic E-state index is 0.269. The fourth-order valence-electron chi connectivity index (χ4n) is 3.03. The Hall–Kier alpha value is -0.970. The molecule has 2 atom stereocenters. The molecule has 1 aliphatic rings. The number of likely N-dealkylation sites (tertiary alicyclic amines) is 1. The number of methoxy groups -OCH3 is 2. The van der Waals surface area contributed by atoms with Crippen LogP contribution in [0, 0.1) is 12.8 Å². The topological polar surface area (TPSA) is 47.7 Å². The van der Waals surface area contributed by atoms with Crippen molar-refractivity contribution in [1.82, 2.24) is 4.90 Å². The summed E-state index contributed by atoms with van der Waals surface area (Å²) in [6.07, 6.45) is 1.02. The first-order valence-corrected chi connectivity index (χ1v) is 7.22. The maximum Gasteiger partial charge on any atom is 0.142 e. The smallest absolute Gasteiger partial charge is 0.142 e. The van der Waals surface area contributed by atoms with E-state index in [4.69, 9.17) is 26.8 Å². The summed E-state index contributed by atoms with van der Waals surface area (Å²) in [5, 5.41) is 0.631. The molecule has 0 radical (unpaired) electrons. The van der Waals surface area contributed by atoms with E-state index < -0.39 is 0 Å². The zero-order chi connectivity index (χ0) is 14.9. The van der Waals surface area contributed by atoms with Crippen molar-refractivity contribution < 1.29 is 9.47 Å². The number of nitrogens with zero attached hydrogens (tertiary/aromatic N) is 1. The summed E-state index contributed by atoms with van der Waals surface area (Å²) in [6.45, 7) is 3.65. The van der Waals surface area contributed by atoms with Crippen molar-refractivity contribution in [2.24, 2.45) is 11.7 Å². The van der Waals surface area contributed by atoms with E-state index in [1.54, 1.807) is 14.2 Å². The number of rotatable bonds is 4. The predicted molar refractivity (Wildman–Crippen MR) is 81.8 cm³/mol. The molecule has 1 aliphatic heterocycles. The maximum atomic E-state index is 6.43. The monoisotopic (exact) mass is 298 g/mol. The molecule has 0 spiro atoms. The van der Waals surface area contributed by atoms with Crippen LogP contribution in [0.1, 0.15) is 23.6 Å². The summed E-state index contributed by atoms with van der Waals surface area (Å²) in [5.41, 5.74) is 7.80. The molecule has 2 rings (SSSR count). The molecule has 1 heterocycles. The van der Waals surface area contributed by atoms with Gasteiger partial charge in [-0.2, -0.15) is 0 Å². The Morgan fingerprint density at radius 2 is 2.10 bits per heavy atom. The van der Waals surface area contributed by atoms with Crippen LogP contribution < -0.4 is 15.2 Å². The predicted octanol–water partition coefficient (Wildman–Crippen LogP) is 2.62. The Bertz CT molecular complexity index is 493. The summed E-state index contributed by atoms with van der Waals surface area (Å²) < 4.78 is 11.0. The number of benzene rings is 1. The fourth-order valence-corrected chi connectivity index (χ4v) is 3.31. The lowest BCUT2D eigenvalue weighted by atomic mass is 9.97. The highest BCUT2D eigenvalue weighted by atomic mass is 35.5. The molecule has 2 unspecified atom stereocenters. The molecular formula is C15H23ClN2O2. The summed E-state index contributed by atoms with van der Waals surface area (Å²) >= 11 is 6.43. The van der Waals surface area contributed by atoms with Crippen LogP contribution in [-0.2, 0) is 0 Å². The summed E-state index contributed by atoms with van der Waals surface area (Å²) in [6, 6.07) is 2.31. The Labute approximate surface area is 125 Å². The molecule has 1 aromatic rings. The Morgan fingerprint density at radius 1 is 1.40 bits per heavy atom. The second-order valence-electron chi connectivity index (χ2n) is 5.43. The first kappa shape index (κ1) is 15.4. The number of hydrogen-bond acceptors (Lipinski definition) is 4. The molecule has 0 aliphatic carbocycles. The molecule has 2 N–H and O–H groups in total. The zero-order valence-corrected chi connectivity index (χ0v) is 13.3. The lowest BCUT2D eigenvalue weighted by Crippen LogP contribution is -2.21. The molecule has 4 nitrogen and oxygen atoms in total. The van der Waals surface area contributed by atoms with Crippen molar-refractivity contribution in [2.45, 2.75) is 19.4 Å². The molecule has 20 heavy (non-hydrogen) atoms. The van der Waals surface area contributed by atoms with E-state index in [1.807, 2.05) is 13.0 Å². The Balaban J connectivity index is 2.47. The summed E-state index contributed by atoms with van der Waals surface area (Å²) in [7, 11) is 5.43. The van der Waals surface area contributed by atoms with E-state index in [2.05, 4.69) is 11.9 Å². The number of halogens is 1. The van der Waals surface area contributed by atoms with Crippen molar-refractivity contribution in [2.75, 3.05) is 34.4 Å². The van der Waals surface area contributed by atoms with Crippen LogP contribution >= 0.6 is 11.6 Å². The van der Waals surface area contributed by atoms with Crippen LogP contribution in [0.25, 0.3) is 0 Å². The van der Waals surface area contributed by atoms with Gasteiger partial charge >= 0.3 is 0 Å². The van der Waals surface area contributed by atoms with Crippen LogP contribution in [-0.4, -0.2) is 39.3 Å². The van der Waals surface area contributed by atoms with Crippen LogP contribution in [0.4, 0.5) is 0 Å². The van der Waals surface area contributed by atoms with Crippen molar-refractivity contribution in [1.29, 1.82) is 0 Å². The van der Waals surface area contributed by atoms with Gasteiger partial charge in [0.15, 0.2) is 0 Å². The van der Waals surface area contributed by atoms with E-state index in [1.165, 1.54) is 0 Å². The van der Waals surface area contributed by atoms with Gasteiger partial charge in [0.25, 0.3) is 0 Å². The molecule has 0 bridgehead atoms. The average Bonchev–Trinajstić information content (AvgIpc) is 2.82. The third-order valence-electron chi connectivity index (χ3n) is 4.20. The van der Waals surface area contributed by atoms with E-state index >= 15 is 0 Å². The quantitative estimate of drug-likeness (QED) is 0.928. The second kappa shape index (κ2) is 6.20. The number of ether oxygens (including phenoxy) is 2. The molecule has 1 fully saturated rings. The standard InChI is InChI=1S/C15H23ClN2O2/c1-9-13(19-3)6-11(15(20-4)14(9)16)12-5-10(7-17)8-18(12)2/h6,10,12H,5,7-8,17H2,1-4H3. The van der Waals surface area contributed by atoms with Crippen LogP contribution in [0.5, 0.6) is 11.5 Å². The Morgan fingerprint density at radius 3 is 2.60 bits per heavy atom. The molecule has 1 saturated heterocycles. The highest BCUT2D eigenvalue weighted by molar-refractivity contribution is 6.33. The number of nitrogens with two attached hydrogens (primary N) is 1. The second-order valence-corrected chi connectivity index (χ2v) is 5.81. The van der Waals surface area contributed by atoms with Gasteiger partial charge in [-0.25, -0.2) is 0 Å². The normalized spacial score (nSPS) is 23.1. The molecule has 0 saturated carbocycles. The summed E-state index contributed by atoms with van der Waals surface area (Å²) in [5.74, 6) is 2.07. The summed E-state index contributed by atoms with van der Waals surface area (Å²) in [4.78, 5) is 2.31. The Kier molecular flexibility index (Phi) is 4.78.